The molecular weight excluding hydrogens is 162 g/mol. The highest BCUT2D eigenvalue weighted by molar-refractivity contribution is 5.88. The molecule has 0 saturated heterocycles. The first-order valence-electron chi connectivity index (χ1n) is 4.19. The third kappa shape index (κ3) is 3.56. The molecule has 0 heterocycles. The van der Waals surface area contributed by atoms with E-state index in [9.17, 15) is 4.79 Å². The summed E-state index contributed by atoms with van der Waals surface area (Å²) < 4.78 is 0. The molecule has 0 amide bonds. The van der Waals surface area contributed by atoms with Crippen LogP contribution in [0.3, 0.4) is 0 Å². The van der Waals surface area contributed by atoms with E-state index in [4.69, 9.17) is 0 Å². The predicted octanol–water partition coefficient (Wildman–Crippen LogP) is 2.59. The van der Waals surface area contributed by atoms with Gasteiger partial charge in [0, 0.05) is 11.4 Å². The van der Waals surface area contributed by atoms with Crippen molar-refractivity contribution in [3.8, 4) is 0 Å². The van der Waals surface area contributed by atoms with Gasteiger partial charge in [0.25, 0.3) is 0 Å². The van der Waals surface area contributed by atoms with Gasteiger partial charge in [0.05, 0.1) is 0 Å². The van der Waals surface area contributed by atoms with Crippen LogP contribution in [0.15, 0.2) is 42.1 Å². The Labute approximate surface area is 78.3 Å². The molecule has 0 radical (unpaired) electrons. The lowest BCUT2D eigenvalue weighted by molar-refractivity contribution is -0.112. The zero-order valence-corrected chi connectivity index (χ0v) is 7.87. The van der Waals surface area contributed by atoms with Gasteiger partial charge in [-0.15, -0.1) is 0 Å². The fraction of sp³-hybridized carbons (Fsp3) is 0.182. The van der Waals surface area contributed by atoms with Crippen molar-refractivity contribution in [1.82, 2.24) is 0 Å². The third-order valence-corrected chi connectivity index (χ3v) is 1.54. The molecule has 0 aliphatic heterocycles. The van der Waals surface area contributed by atoms with E-state index in [0.717, 1.165) is 11.4 Å². The van der Waals surface area contributed by atoms with E-state index < -0.39 is 0 Å². The number of nitrogens with one attached hydrogen (secondary N) is 1. The van der Waals surface area contributed by atoms with Crippen LogP contribution >= 0.6 is 0 Å². The molecule has 0 unspecified atom stereocenters. The first-order valence-corrected chi connectivity index (χ1v) is 4.19. The lowest BCUT2D eigenvalue weighted by Crippen LogP contribution is -1.97. The topological polar surface area (TPSA) is 29.1 Å². The lowest BCUT2D eigenvalue weighted by atomic mass is 10.3. The minimum Gasteiger partial charge on any atom is -0.359 e. The van der Waals surface area contributed by atoms with Gasteiger partial charge in [0.15, 0.2) is 5.78 Å². The van der Waals surface area contributed by atoms with Crippen molar-refractivity contribution in [3.05, 3.63) is 42.1 Å². The van der Waals surface area contributed by atoms with E-state index in [1.807, 2.05) is 37.3 Å². The van der Waals surface area contributed by atoms with Gasteiger partial charge in [0.1, 0.15) is 0 Å². The molecule has 1 rings (SSSR count). The zero-order chi connectivity index (χ0) is 9.68. The van der Waals surface area contributed by atoms with Crippen molar-refractivity contribution in [3.63, 3.8) is 0 Å². The Kier molecular flexibility index (Phi) is 3.26. The molecule has 0 atom stereocenters. The first kappa shape index (κ1) is 9.52. The van der Waals surface area contributed by atoms with Crippen LogP contribution in [0.4, 0.5) is 5.69 Å². The molecule has 0 aliphatic carbocycles. The van der Waals surface area contributed by atoms with Crippen molar-refractivity contribution >= 4 is 11.5 Å². The Hall–Kier alpha value is -1.57. The minimum atomic E-state index is 0.0564. The summed E-state index contributed by atoms with van der Waals surface area (Å²) in [5.74, 6) is 0.0564. The summed E-state index contributed by atoms with van der Waals surface area (Å²) >= 11 is 0. The van der Waals surface area contributed by atoms with Crippen LogP contribution in [-0.2, 0) is 4.79 Å². The largest absolute Gasteiger partial charge is 0.359 e. The van der Waals surface area contributed by atoms with Gasteiger partial charge in [-0.1, -0.05) is 18.2 Å². The van der Waals surface area contributed by atoms with Crippen LogP contribution < -0.4 is 5.32 Å². The van der Waals surface area contributed by atoms with E-state index in [-0.39, 0.29) is 5.78 Å². The van der Waals surface area contributed by atoms with Crippen LogP contribution in [0, 0.1) is 0 Å². The molecule has 0 spiro atoms. The smallest absolute Gasteiger partial charge is 0.154 e. The summed E-state index contributed by atoms with van der Waals surface area (Å²) in [5, 5.41) is 3.11. The molecule has 0 aliphatic rings. The third-order valence-electron chi connectivity index (χ3n) is 1.54. The van der Waals surface area contributed by atoms with Crippen LogP contribution in [0.25, 0.3) is 0 Å². The van der Waals surface area contributed by atoms with E-state index in [1.165, 1.54) is 6.92 Å². The van der Waals surface area contributed by atoms with Gasteiger partial charge in [0.2, 0.25) is 0 Å². The summed E-state index contributed by atoms with van der Waals surface area (Å²) in [5.41, 5.74) is 1.86. The maximum Gasteiger partial charge on any atom is 0.154 e. The first-order chi connectivity index (χ1) is 6.18. The van der Waals surface area contributed by atoms with E-state index >= 15 is 0 Å². The van der Waals surface area contributed by atoms with Crippen LogP contribution in [-0.4, -0.2) is 5.78 Å². The number of hydrogen-bond acceptors (Lipinski definition) is 2. The highest BCUT2D eigenvalue weighted by atomic mass is 16.1. The monoisotopic (exact) mass is 175 g/mol. The number of anilines is 1. The van der Waals surface area contributed by atoms with Crippen molar-refractivity contribution < 1.29 is 4.79 Å². The summed E-state index contributed by atoms with van der Waals surface area (Å²) in [7, 11) is 0. The van der Waals surface area contributed by atoms with Gasteiger partial charge in [-0.05, 0) is 32.1 Å². The van der Waals surface area contributed by atoms with Crippen LogP contribution in [0.2, 0.25) is 0 Å². The highest BCUT2D eigenvalue weighted by Crippen LogP contribution is 2.08. The minimum absolute atomic E-state index is 0.0564. The molecule has 0 aromatic heterocycles. The predicted molar refractivity (Wildman–Crippen MR) is 54.5 cm³/mol. The Bertz CT molecular complexity index is 314. The van der Waals surface area contributed by atoms with Crippen molar-refractivity contribution in [2.45, 2.75) is 13.8 Å². The fourth-order valence-corrected chi connectivity index (χ4v) is 1.09. The van der Waals surface area contributed by atoms with Crippen LogP contribution in [0.5, 0.6) is 0 Å². The Balaban J connectivity index is 2.65. The molecular formula is C11H13NO. The Morgan fingerprint density at radius 1 is 1.23 bits per heavy atom. The summed E-state index contributed by atoms with van der Waals surface area (Å²) in [6.45, 7) is 3.41. The molecule has 2 nitrogen and oxygen atoms in total. The molecule has 68 valence electrons. The van der Waals surface area contributed by atoms with Gasteiger partial charge >= 0.3 is 0 Å². The summed E-state index contributed by atoms with van der Waals surface area (Å²) in [6.07, 6.45) is 1.58. The average Bonchev–Trinajstić information content (AvgIpc) is 2.04. The van der Waals surface area contributed by atoms with Crippen LogP contribution in [0.1, 0.15) is 13.8 Å². The van der Waals surface area contributed by atoms with Gasteiger partial charge < -0.3 is 5.32 Å². The molecule has 13 heavy (non-hydrogen) atoms. The number of rotatable bonds is 3. The maximum absolute atomic E-state index is 10.7. The molecule has 2 heteroatoms. The van der Waals surface area contributed by atoms with Crippen molar-refractivity contribution in [2.24, 2.45) is 0 Å². The van der Waals surface area contributed by atoms with Crippen molar-refractivity contribution in [1.29, 1.82) is 0 Å². The molecule has 0 bridgehead atoms. The lowest BCUT2D eigenvalue weighted by Gasteiger charge is -2.04. The van der Waals surface area contributed by atoms with Gasteiger partial charge in [-0.3, -0.25) is 4.79 Å². The summed E-state index contributed by atoms with van der Waals surface area (Å²) in [4.78, 5) is 10.7. The maximum atomic E-state index is 10.7. The Morgan fingerprint density at radius 2 is 1.85 bits per heavy atom. The number of carbonyl (C=O) groups excluding carboxylic acids is 1. The number of allylic oxidation sites excluding steroid dienone is 2. The molecule has 1 N–H and O–H groups in total. The number of carbonyl (C=O) groups is 1. The zero-order valence-electron chi connectivity index (χ0n) is 7.87. The van der Waals surface area contributed by atoms with E-state index in [1.54, 1.807) is 6.08 Å². The molecule has 0 fully saturated rings. The second kappa shape index (κ2) is 4.45. The second-order valence-electron chi connectivity index (χ2n) is 2.93. The number of ketones is 1. The number of hydrogen-bond donors (Lipinski definition) is 1. The van der Waals surface area contributed by atoms with Gasteiger partial charge in [-0.25, -0.2) is 0 Å². The van der Waals surface area contributed by atoms with E-state index in [2.05, 4.69) is 5.32 Å². The van der Waals surface area contributed by atoms with Gasteiger partial charge in [-0.2, -0.15) is 0 Å². The average molecular weight is 175 g/mol. The SMILES string of the molecule is CC(=O)/C=C(/C)Nc1ccccc1. The van der Waals surface area contributed by atoms with E-state index in [0.29, 0.717) is 0 Å². The second-order valence-corrected chi connectivity index (χ2v) is 2.93. The molecule has 1 aromatic carbocycles. The normalized spacial score (nSPS) is 11.1. The van der Waals surface area contributed by atoms with Crippen molar-refractivity contribution in [2.75, 3.05) is 5.32 Å². The Morgan fingerprint density at radius 3 is 2.38 bits per heavy atom. The number of benzene rings is 1. The molecule has 0 saturated carbocycles. The summed E-state index contributed by atoms with van der Waals surface area (Å²) in [6, 6.07) is 9.76. The fourth-order valence-electron chi connectivity index (χ4n) is 1.09. The highest BCUT2D eigenvalue weighted by Gasteiger charge is 1.92. The molecule has 1 aromatic rings. The quantitative estimate of drug-likeness (QED) is 0.715. The number of para-hydroxylation sites is 1. The standard InChI is InChI=1S/C11H13NO/c1-9(8-10(2)13)12-11-6-4-3-5-7-11/h3-8,12H,1-2H3/b9-8-.